The summed E-state index contributed by atoms with van der Waals surface area (Å²) in [4.78, 5) is 7.18. The van der Waals surface area contributed by atoms with Crippen LogP contribution in [0.1, 0.15) is 29.1 Å². The summed E-state index contributed by atoms with van der Waals surface area (Å²) < 4.78 is 1.99. The van der Waals surface area contributed by atoms with Crippen LogP contribution in [0.2, 0.25) is 0 Å². The zero-order valence-corrected chi connectivity index (χ0v) is 10.4. The zero-order valence-electron chi connectivity index (χ0n) is 9.60. The third-order valence-corrected chi connectivity index (χ3v) is 4.73. The van der Waals surface area contributed by atoms with Gasteiger partial charge in [-0.3, -0.25) is 4.40 Å². The molecule has 0 N–H and O–H groups in total. The van der Waals surface area contributed by atoms with Gasteiger partial charge in [-0.2, -0.15) is 0 Å². The number of hydrogen-bond acceptors (Lipinski definition) is 4. The number of hydrogen-bond donors (Lipinski definition) is 0. The van der Waals surface area contributed by atoms with Crippen LogP contribution in [0.3, 0.4) is 0 Å². The Morgan fingerprint density at radius 2 is 2.12 bits per heavy atom. The Bertz CT molecular complexity index is 725. The second-order valence-electron chi connectivity index (χ2n) is 4.58. The van der Waals surface area contributed by atoms with E-state index in [4.69, 9.17) is 0 Å². The van der Waals surface area contributed by atoms with Gasteiger partial charge in [-0.1, -0.05) is 0 Å². The van der Waals surface area contributed by atoms with Crippen LogP contribution in [0.5, 0.6) is 0 Å². The molecule has 5 heteroatoms. The number of fused-ring (bicyclic) bond motifs is 5. The van der Waals surface area contributed by atoms with Crippen LogP contribution in [0.15, 0.2) is 6.33 Å². The van der Waals surface area contributed by atoms with E-state index in [9.17, 15) is 0 Å². The average molecular weight is 244 g/mol. The van der Waals surface area contributed by atoms with Gasteiger partial charge in [0, 0.05) is 4.88 Å². The van der Waals surface area contributed by atoms with Gasteiger partial charge in [0.15, 0.2) is 5.65 Å². The fourth-order valence-electron chi connectivity index (χ4n) is 2.66. The van der Waals surface area contributed by atoms with Gasteiger partial charge >= 0.3 is 0 Å². The Morgan fingerprint density at radius 3 is 3.06 bits per heavy atom. The minimum atomic E-state index is 0.908. The van der Waals surface area contributed by atoms with Gasteiger partial charge in [-0.05, 0) is 38.2 Å². The fourth-order valence-corrected chi connectivity index (χ4v) is 3.88. The Hall–Kier alpha value is -1.49. The monoisotopic (exact) mass is 244 g/mol. The van der Waals surface area contributed by atoms with Crippen molar-refractivity contribution >= 4 is 27.2 Å². The molecule has 1 aliphatic rings. The van der Waals surface area contributed by atoms with Crippen LogP contribution < -0.4 is 0 Å². The van der Waals surface area contributed by atoms with Crippen molar-refractivity contribution in [3.05, 3.63) is 22.6 Å². The minimum absolute atomic E-state index is 0.908. The second-order valence-corrected chi connectivity index (χ2v) is 5.66. The molecule has 0 aliphatic heterocycles. The molecule has 0 amide bonds. The highest BCUT2D eigenvalue weighted by atomic mass is 32.1. The van der Waals surface area contributed by atoms with Crippen molar-refractivity contribution in [3.63, 3.8) is 0 Å². The van der Waals surface area contributed by atoms with E-state index in [0.717, 1.165) is 16.3 Å². The maximum Gasteiger partial charge on any atom is 0.172 e. The zero-order chi connectivity index (χ0) is 11.4. The highest BCUT2D eigenvalue weighted by Crippen LogP contribution is 2.36. The van der Waals surface area contributed by atoms with Crippen LogP contribution in [-0.2, 0) is 12.8 Å². The quantitative estimate of drug-likeness (QED) is 0.610. The number of thiophene rings is 1. The number of aromatic nitrogens is 4. The Balaban J connectivity index is 2.20. The molecule has 0 spiro atoms. The van der Waals surface area contributed by atoms with Crippen molar-refractivity contribution in [3.8, 4) is 0 Å². The van der Waals surface area contributed by atoms with Gasteiger partial charge in [0.1, 0.15) is 17.0 Å². The Morgan fingerprint density at radius 1 is 1.24 bits per heavy atom. The van der Waals surface area contributed by atoms with Crippen molar-refractivity contribution < 1.29 is 0 Å². The number of aryl methyl sites for hydroxylation is 3. The molecular weight excluding hydrogens is 232 g/mol. The van der Waals surface area contributed by atoms with Crippen LogP contribution in [0, 0.1) is 6.92 Å². The van der Waals surface area contributed by atoms with Gasteiger partial charge < -0.3 is 0 Å². The summed E-state index contributed by atoms with van der Waals surface area (Å²) in [5.74, 6) is 0.908. The molecule has 3 aromatic rings. The Kier molecular flexibility index (Phi) is 1.83. The maximum atomic E-state index is 4.55. The van der Waals surface area contributed by atoms with E-state index < -0.39 is 0 Å². The van der Waals surface area contributed by atoms with E-state index in [2.05, 4.69) is 15.2 Å². The first-order valence-corrected chi connectivity index (χ1v) is 6.77. The average Bonchev–Trinajstić information content (AvgIpc) is 2.90. The summed E-state index contributed by atoms with van der Waals surface area (Å²) in [5.41, 5.74) is 2.45. The lowest BCUT2D eigenvalue weighted by Crippen LogP contribution is -1.99. The predicted molar refractivity (Wildman–Crippen MR) is 67.5 cm³/mol. The van der Waals surface area contributed by atoms with Gasteiger partial charge in [-0.15, -0.1) is 21.5 Å². The third kappa shape index (κ3) is 1.20. The van der Waals surface area contributed by atoms with Crippen LogP contribution in [0.25, 0.3) is 15.9 Å². The van der Waals surface area contributed by atoms with Crippen molar-refractivity contribution in [1.82, 2.24) is 19.6 Å². The minimum Gasteiger partial charge on any atom is -0.269 e. The molecule has 0 atom stereocenters. The normalized spacial score (nSPS) is 15.6. The van der Waals surface area contributed by atoms with E-state index in [1.165, 1.54) is 41.5 Å². The van der Waals surface area contributed by atoms with Crippen LogP contribution >= 0.6 is 11.3 Å². The number of rotatable bonds is 0. The molecular formula is C12H12N4S. The van der Waals surface area contributed by atoms with Gasteiger partial charge in [0.05, 0.1) is 5.39 Å². The lowest BCUT2D eigenvalue weighted by molar-refractivity contribution is 0.700. The van der Waals surface area contributed by atoms with Crippen molar-refractivity contribution in [2.75, 3.05) is 0 Å². The van der Waals surface area contributed by atoms with E-state index in [0.29, 0.717) is 0 Å². The molecule has 0 unspecified atom stereocenters. The summed E-state index contributed by atoms with van der Waals surface area (Å²) in [6.45, 7) is 1.96. The predicted octanol–water partition coefficient (Wildman–Crippen LogP) is 2.53. The fraction of sp³-hybridized carbons (Fsp3) is 0.417. The molecule has 86 valence electrons. The summed E-state index contributed by atoms with van der Waals surface area (Å²) in [5, 5.41) is 9.70. The molecule has 4 rings (SSSR count). The Labute approximate surface area is 102 Å². The summed E-state index contributed by atoms with van der Waals surface area (Å²) in [7, 11) is 0. The van der Waals surface area contributed by atoms with Gasteiger partial charge in [0.25, 0.3) is 0 Å². The summed E-state index contributed by atoms with van der Waals surface area (Å²) in [6.07, 6.45) is 6.81. The first-order chi connectivity index (χ1) is 8.34. The van der Waals surface area contributed by atoms with Crippen LogP contribution in [0.4, 0.5) is 0 Å². The molecule has 0 bridgehead atoms. The molecule has 1 aliphatic carbocycles. The van der Waals surface area contributed by atoms with Crippen molar-refractivity contribution in [1.29, 1.82) is 0 Å². The summed E-state index contributed by atoms with van der Waals surface area (Å²) in [6, 6.07) is 0. The molecule has 3 aromatic heterocycles. The molecule has 0 saturated carbocycles. The van der Waals surface area contributed by atoms with E-state index in [1.807, 2.05) is 29.0 Å². The topological polar surface area (TPSA) is 43.1 Å². The molecule has 3 heterocycles. The lowest BCUT2D eigenvalue weighted by atomic mass is 9.97. The van der Waals surface area contributed by atoms with Crippen LogP contribution in [-0.4, -0.2) is 19.6 Å². The summed E-state index contributed by atoms with van der Waals surface area (Å²) >= 11 is 1.83. The largest absolute Gasteiger partial charge is 0.269 e. The standard InChI is InChI=1S/C12H12N4S/c1-7-14-15-11-10-8-4-2-3-5-9(8)17-12(10)13-6-16(7)11/h6H,2-5H2,1H3. The maximum absolute atomic E-state index is 4.55. The van der Waals surface area contributed by atoms with Crippen molar-refractivity contribution in [2.24, 2.45) is 0 Å². The molecule has 17 heavy (non-hydrogen) atoms. The smallest absolute Gasteiger partial charge is 0.172 e. The van der Waals surface area contributed by atoms with Gasteiger partial charge in [-0.25, -0.2) is 4.98 Å². The first kappa shape index (κ1) is 9.53. The second kappa shape index (κ2) is 3.26. The van der Waals surface area contributed by atoms with Crippen molar-refractivity contribution in [2.45, 2.75) is 32.6 Å². The van der Waals surface area contributed by atoms with E-state index in [-0.39, 0.29) is 0 Å². The molecule has 0 radical (unpaired) electrons. The third-order valence-electron chi connectivity index (χ3n) is 3.53. The highest BCUT2D eigenvalue weighted by Gasteiger charge is 2.20. The first-order valence-electron chi connectivity index (χ1n) is 5.95. The van der Waals surface area contributed by atoms with Gasteiger partial charge in [0.2, 0.25) is 0 Å². The molecule has 0 saturated heterocycles. The lowest BCUT2D eigenvalue weighted by Gasteiger charge is -2.10. The molecule has 0 fully saturated rings. The molecule has 0 aromatic carbocycles. The highest BCUT2D eigenvalue weighted by molar-refractivity contribution is 7.19. The van der Waals surface area contributed by atoms with E-state index in [1.54, 1.807) is 0 Å². The molecule has 4 nitrogen and oxygen atoms in total. The number of nitrogens with zero attached hydrogens (tertiary/aromatic N) is 4. The SMILES string of the molecule is Cc1nnc2c3c4c(sc3ncn12)CCCC4. The van der Waals surface area contributed by atoms with E-state index >= 15 is 0 Å².